The Hall–Kier alpha value is -9.40. The number of hydrazine groups is 1. The number of ether oxygens (including phenoxy) is 1. The molecule has 2 amide bonds. The summed E-state index contributed by atoms with van der Waals surface area (Å²) in [6.07, 6.45) is 2.66. The lowest BCUT2D eigenvalue weighted by Gasteiger charge is -2.44. The molecule has 0 radical (unpaired) electrons. The number of nitrogens with two attached hydrogens (primary N) is 1. The number of amides is 2. The van der Waals surface area contributed by atoms with E-state index in [1.54, 1.807) is 0 Å². The Kier molecular flexibility index (Phi) is 13.6. The molecular weight excluding hydrogens is 973 g/mol. The van der Waals surface area contributed by atoms with Crippen molar-refractivity contribution < 1.29 is 19.4 Å². The standard InChI is InChI=1S/C64H60N10O4/c1-61(2,3)62(59(75)69-65)40-55(44-73(62)60(76)77)78-54-36-22-23-45(38-54)42-72-43-46(41-66-72)37-47-39-56(68-63(48-24-10-4-11-25-48,49-26-12-5-13-27-49)50-28-14-6-15-29-50)67-58-57(47)70-71-74(58)64(51-30-16-7-17-31-51,52-32-18-8-19-33-52)53-34-20-9-21-35-53/h4-36,38-39,41,43,55H,37,40,42,44,65H2,1-3H3,(H,67,68)(H,69,75)(H,76,77)/t55-,62+/m1/s1. The Bertz CT molecular complexity index is 3490. The number of carbonyl (C=O) groups is 2. The predicted octanol–water partition coefficient (Wildman–Crippen LogP) is 10.8. The van der Waals surface area contributed by atoms with Crippen LogP contribution in [0.15, 0.2) is 225 Å². The third kappa shape index (κ3) is 9.09. The lowest BCUT2D eigenvalue weighted by atomic mass is 9.71. The molecule has 78 heavy (non-hydrogen) atoms. The molecule has 390 valence electrons. The second-order valence-corrected chi connectivity index (χ2v) is 20.9. The summed E-state index contributed by atoms with van der Waals surface area (Å²) in [5.74, 6) is 6.23. The van der Waals surface area contributed by atoms with Gasteiger partial charge in [-0.1, -0.05) is 220 Å². The van der Waals surface area contributed by atoms with Crippen LogP contribution in [0.4, 0.5) is 10.6 Å². The van der Waals surface area contributed by atoms with Crippen molar-refractivity contribution in [2.75, 3.05) is 11.9 Å². The lowest BCUT2D eigenvalue weighted by molar-refractivity contribution is -0.137. The Balaban J connectivity index is 1.01. The molecule has 1 fully saturated rings. The van der Waals surface area contributed by atoms with E-state index in [9.17, 15) is 14.7 Å². The van der Waals surface area contributed by atoms with Gasteiger partial charge in [-0.25, -0.2) is 20.3 Å². The van der Waals surface area contributed by atoms with Crippen LogP contribution in [0, 0.1) is 5.41 Å². The van der Waals surface area contributed by atoms with E-state index in [0.29, 0.717) is 35.7 Å². The van der Waals surface area contributed by atoms with E-state index in [4.69, 9.17) is 31.0 Å². The number of fused-ring (bicyclic) bond motifs is 1. The number of likely N-dealkylation sites (tertiary alicyclic amines) is 1. The molecule has 1 aliphatic heterocycles. The van der Waals surface area contributed by atoms with Crippen LogP contribution >= 0.6 is 0 Å². The third-order valence-electron chi connectivity index (χ3n) is 15.3. The van der Waals surface area contributed by atoms with Gasteiger partial charge in [-0.2, -0.15) is 5.10 Å². The molecule has 14 nitrogen and oxygen atoms in total. The Morgan fingerprint density at radius 3 is 1.68 bits per heavy atom. The summed E-state index contributed by atoms with van der Waals surface area (Å²) < 4.78 is 10.3. The molecule has 3 aromatic heterocycles. The molecule has 10 aromatic rings. The summed E-state index contributed by atoms with van der Waals surface area (Å²) in [7, 11) is 0. The number of hydrogen-bond donors (Lipinski definition) is 4. The van der Waals surface area contributed by atoms with Gasteiger partial charge in [-0.3, -0.25) is 19.8 Å². The summed E-state index contributed by atoms with van der Waals surface area (Å²) in [5, 5.41) is 29.4. The molecule has 0 bridgehead atoms. The van der Waals surface area contributed by atoms with Crippen molar-refractivity contribution in [1.82, 2.24) is 40.1 Å². The van der Waals surface area contributed by atoms with E-state index in [1.807, 2.05) is 103 Å². The van der Waals surface area contributed by atoms with Crippen molar-refractivity contribution in [1.29, 1.82) is 0 Å². The average molecular weight is 1030 g/mol. The van der Waals surface area contributed by atoms with Crippen molar-refractivity contribution in [3.05, 3.63) is 275 Å². The molecule has 2 atom stereocenters. The first-order chi connectivity index (χ1) is 37.9. The smallest absolute Gasteiger partial charge is 0.408 e. The molecular formula is C64H60N10O4. The number of hydrogen-bond acceptors (Lipinski definition) is 9. The largest absolute Gasteiger partial charge is 0.488 e. The van der Waals surface area contributed by atoms with Gasteiger partial charge in [0.15, 0.2) is 5.65 Å². The van der Waals surface area contributed by atoms with Gasteiger partial charge in [0.25, 0.3) is 5.91 Å². The summed E-state index contributed by atoms with van der Waals surface area (Å²) in [5.41, 5.74) is 8.10. The minimum Gasteiger partial charge on any atom is -0.488 e. The molecule has 1 saturated heterocycles. The van der Waals surface area contributed by atoms with Crippen LogP contribution in [0.3, 0.4) is 0 Å². The molecule has 5 N–H and O–H groups in total. The lowest BCUT2D eigenvalue weighted by Crippen LogP contribution is -2.65. The fourth-order valence-corrected chi connectivity index (χ4v) is 11.7. The van der Waals surface area contributed by atoms with Gasteiger partial charge in [0.05, 0.1) is 19.3 Å². The first-order valence-corrected chi connectivity index (χ1v) is 26.1. The first kappa shape index (κ1) is 50.7. The second kappa shape index (κ2) is 21.0. The van der Waals surface area contributed by atoms with Gasteiger partial charge in [0, 0.05) is 19.0 Å². The van der Waals surface area contributed by atoms with Crippen LogP contribution in [-0.4, -0.2) is 70.0 Å². The van der Waals surface area contributed by atoms with Crippen molar-refractivity contribution in [2.24, 2.45) is 11.3 Å². The Morgan fingerprint density at radius 1 is 0.679 bits per heavy atom. The highest BCUT2D eigenvalue weighted by Crippen LogP contribution is 2.46. The molecule has 11 rings (SSSR count). The Morgan fingerprint density at radius 2 is 1.19 bits per heavy atom. The molecule has 0 aliphatic carbocycles. The zero-order valence-electron chi connectivity index (χ0n) is 43.6. The highest BCUT2D eigenvalue weighted by molar-refractivity contribution is 5.91. The zero-order chi connectivity index (χ0) is 53.9. The highest BCUT2D eigenvalue weighted by atomic mass is 16.5. The minimum absolute atomic E-state index is 0.00244. The van der Waals surface area contributed by atoms with Gasteiger partial charge in [0.1, 0.15) is 39.8 Å². The van der Waals surface area contributed by atoms with Gasteiger partial charge >= 0.3 is 6.09 Å². The SMILES string of the molecule is CC(C)(C)[C@@]1(C(=O)NN)C[C@@H](Oc2cccc(Cn3cc(Cc4cc(NC(c5ccccc5)(c5ccccc5)c5ccccc5)nc5c4nnn5C(c4ccccc4)(c4ccccc4)c4ccccc4)cn3)c2)CN1C(=O)O. The Labute approximate surface area is 453 Å². The molecule has 14 heteroatoms. The van der Waals surface area contributed by atoms with Gasteiger partial charge in [-0.15, -0.1) is 5.10 Å². The quantitative estimate of drug-likeness (QED) is 0.0315. The highest BCUT2D eigenvalue weighted by Gasteiger charge is 2.61. The van der Waals surface area contributed by atoms with Gasteiger partial charge < -0.3 is 15.2 Å². The van der Waals surface area contributed by atoms with Crippen LogP contribution in [0.5, 0.6) is 5.75 Å². The molecule has 0 unspecified atom stereocenters. The minimum atomic E-state index is -1.43. The number of nitrogens with one attached hydrogen (secondary N) is 2. The fourth-order valence-electron chi connectivity index (χ4n) is 11.7. The van der Waals surface area contributed by atoms with E-state index in [2.05, 4.69) is 162 Å². The number of pyridine rings is 1. The van der Waals surface area contributed by atoms with Crippen LogP contribution < -0.4 is 21.3 Å². The number of benzene rings is 7. The van der Waals surface area contributed by atoms with Crippen molar-refractivity contribution in [3.63, 3.8) is 0 Å². The number of nitrogens with zero attached hydrogens (tertiary/aromatic N) is 7. The zero-order valence-corrected chi connectivity index (χ0v) is 43.6. The number of carbonyl (C=O) groups excluding carboxylic acids is 1. The molecule has 7 aromatic carbocycles. The van der Waals surface area contributed by atoms with E-state index < -0.39 is 40.1 Å². The first-order valence-electron chi connectivity index (χ1n) is 26.1. The topological polar surface area (TPSA) is 178 Å². The molecule has 0 spiro atoms. The van der Waals surface area contributed by atoms with Gasteiger partial charge in [0.2, 0.25) is 0 Å². The summed E-state index contributed by atoms with van der Waals surface area (Å²) in [4.78, 5) is 32.7. The van der Waals surface area contributed by atoms with Crippen LogP contribution in [0.25, 0.3) is 11.2 Å². The number of aromatic nitrogens is 6. The van der Waals surface area contributed by atoms with Gasteiger partial charge in [-0.05, 0) is 73.7 Å². The van der Waals surface area contributed by atoms with Crippen molar-refractivity contribution in [3.8, 4) is 5.75 Å². The fraction of sp³-hybridized carbons (Fsp3) is 0.188. The summed E-state index contributed by atoms with van der Waals surface area (Å²) in [6, 6.07) is 72.5. The van der Waals surface area contributed by atoms with Crippen LogP contribution in [-0.2, 0) is 28.8 Å². The molecule has 0 saturated carbocycles. The monoisotopic (exact) mass is 1030 g/mol. The maximum atomic E-state index is 13.3. The average Bonchev–Trinajstić information content (AvgIpc) is 4.34. The maximum Gasteiger partial charge on any atom is 0.408 e. The number of carboxylic acid groups (broad SMARTS) is 1. The van der Waals surface area contributed by atoms with E-state index in [-0.39, 0.29) is 13.0 Å². The normalized spacial score (nSPS) is 15.7. The van der Waals surface area contributed by atoms with Crippen molar-refractivity contribution in [2.45, 2.75) is 62.9 Å². The van der Waals surface area contributed by atoms with Crippen LogP contribution in [0.2, 0.25) is 0 Å². The van der Waals surface area contributed by atoms with E-state index >= 15 is 0 Å². The summed E-state index contributed by atoms with van der Waals surface area (Å²) >= 11 is 0. The predicted molar refractivity (Wildman–Crippen MR) is 302 cm³/mol. The van der Waals surface area contributed by atoms with E-state index in [1.165, 1.54) is 0 Å². The third-order valence-corrected chi connectivity index (χ3v) is 15.3. The molecule has 4 heterocycles. The second-order valence-electron chi connectivity index (χ2n) is 20.9. The number of anilines is 1. The van der Waals surface area contributed by atoms with Crippen molar-refractivity contribution >= 4 is 29.0 Å². The van der Waals surface area contributed by atoms with Crippen LogP contribution in [0.1, 0.15) is 77.3 Å². The number of rotatable bonds is 16. The maximum absolute atomic E-state index is 13.3. The van der Waals surface area contributed by atoms with E-state index in [0.717, 1.165) is 55.0 Å². The summed E-state index contributed by atoms with van der Waals surface area (Å²) in [6.45, 7) is 5.91. The molecule has 1 aliphatic rings.